The van der Waals surface area contributed by atoms with Gasteiger partial charge in [-0.1, -0.05) is 41.9 Å². The number of rotatable bonds is 10. The van der Waals surface area contributed by atoms with Crippen LogP contribution >= 0.6 is 11.6 Å². The molecule has 46 heavy (non-hydrogen) atoms. The Morgan fingerprint density at radius 2 is 1.85 bits per heavy atom. The number of allylic oxidation sites excluding steroid dienone is 2. The molecule has 2 aliphatic carbocycles. The smallest absolute Gasteiger partial charge is 0.254 e. The molecule has 2 amide bonds. The van der Waals surface area contributed by atoms with Crippen molar-refractivity contribution in [2.24, 2.45) is 0 Å². The number of hydrogen-bond acceptors (Lipinski definition) is 6. The molecule has 6 N–H and O–H groups in total. The van der Waals surface area contributed by atoms with E-state index in [9.17, 15) is 23.5 Å². The summed E-state index contributed by atoms with van der Waals surface area (Å²) in [6.07, 6.45) is 6.80. The van der Waals surface area contributed by atoms with Crippen LogP contribution in [0.2, 0.25) is 5.02 Å². The van der Waals surface area contributed by atoms with Gasteiger partial charge in [-0.05, 0) is 29.8 Å². The Balaban J connectivity index is 1.58. The van der Waals surface area contributed by atoms with E-state index in [2.05, 4.69) is 15.6 Å². The van der Waals surface area contributed by atoms with Crippen LogP contribution in [0, 0.1) is 22.9 Å². The number of halogens is 4. The Labute approximate surface area is 267 Å². The van der Waals surface area contributed by atoms with Gasteiger partial charge in [0.15, 0.2) is 5.82 Å². The zero-order chi connectivity index (χ0) is 33.2. The number of nitrogens with two attached hydrogens (primary N) is 1. The lowest BCUT2D eigenvalue weighted by molar-refractivity contribution is -0.602. The van der Waals surface area contributed by atoms with Crippen LogP contribution in [0.25, 0.3) is 11.3 Å². The van der Waals surface area contributed by atoms with Gasteiger partial charge in [-0.2, -0.15) is 0 Å². The summed E-state index contributed by atoms with van der Waals surface area (Å²) in [6.45, 7) is -0.536. The second kappa shape index (κ2) is 13.3. The molecule has 2 aliphatic rings. The Morgan fingerprint density at radius 3 is 2.50 bits per heavy atom. The summed E-state index contributed by atoms with van der Waals surface area (Å²) in [6, 6.07) is 10.7. The average Bonchev–Trinajstić information content (AvgIpc) is 3.89. The molecule has 3 aromatic rings. The summed E-state index contributed by atoms with van der Waals surface area (Å²) in [5.74, 6) is -4.91. The van der Waals surface area contributed by atoms with Gasteiger partial charge in [0.05, 0.1) is 41.5 Å². The van der Waals surface area contributed by atoms with Crippen molar-refractivity contribution in [3.05, 3.63) is 123 Å². The molecule has 0 saturated heterocycles. The maximum atomic E-state index is 15.8. The highest BCUT2D eigenvalue weighted by atomic mass is 35.5. The molecule has 238 valence electrons. The zero-order valence-electron chi connectivity index (χ0n) is 24.8. The first-order chi connectivity index (χ1) is 22.0. The first-order valence-corrected chi connectivity index (χ1v) is 14.6. The minimum atomic E-state index is -2.20. The van der Waals surface area contributed by atoms with Gasteiger partial charge in [-0.25, -0.2) is 18.2 Å². The third kappa shape index (κ3) is 6.59. The second-order valence-corrected chi connectivity index (χ2v) is 11.2. The molecule has 0 bridgehead atoms. The van der Waals surface area contributed by atoms with E-state index in [1.165, 1.54) is 38.4 Å². The summed E-state index contributed by atoms with van der Waals surface area (Å²) in [5, 5.41) is 27.1. The predicted octanol–water partition coefficient (Wildman–Crippen LogP) is 3.63. The highest BCUT2D eigenvalue weighted by Gasteiger charge is 2.37. The zero-order valence-corrected chi connectivity index (χ0v) is 25.5. The summed E-state index contributed by atoms with van der Waals surface area (Å²) < 4.78 is 50.0. The fourth-order valence-electron chi connectivity index (χ4n) is 4.88. The summed E-state index contributed by atoms with van der Waals surface area (Å²) in [7, 11) is 2.64. The minimum Gasteiger partial charge on any atom is -0.494 e. The highest BCUT2D eigenvalue weighted by molar-refractivity contribution is 6.31. The van der Waals surface area contributed by atoms with Gasteiger partial charge in [0.2, 0.25) is 0 Å². The van der Waals surface area contributed by atoms with Crippen molar-refractivity contribution in [3.63, 3.8) is 0 Å². The molecule has 9 nitrogen and oxygen atoms in total. The van der Waals surface area contributed by atoms with Crippen molar-refractivity contribution >= 4 is 29.1 Å². The monoisotopic (exact) mass is 652 g/mol. The van der Waals surface area contributed by atoms with Gasteiger partial charge < -0.3 is 25.8 Å². The molecule has 1 heterocycles. The number of hydrogen-bond donors (Lipinski definition) is 5. The third-order valence-electron chi connectivity index (χ3n) is 7.66. The fraction of sp³-hybridized carbons (Fsp3) is 0.212. The molecule has 1 atom stereocenters. The number of benzene rings is 2. The van der Waals surface area contributed by atoms with Crippen molar-refractivity contribution in [2.45, 2.75) is 24.5 Å². The van der Waals surface area contributed by atoms with E-state index in [0.717, 1.165) is 25.0 Å². The molecule has 1 saturated carbocycles. The van der Waals surface area contributed by atoms with E-state index in [0.29, 0.717) is 17.7 Å². The number of pyridine rings is 1. The Kier molecular flexibility index (Phi) is 9.42. The first-order valence-electron chi connectivity index (χ1n) is 14.2. The topological polar surface area (TPSA) is 141 Å². The number of quaternary nitrogens is 1. The predicted molar refractivity (Wildman–Crippen MR) is 164 cm³/mol. The van der Waals surface area contributed by atoms with Crippen LogP contribution in [0.4, 0.5) is 13.2 Å². The number of aromatic nitrogens is 1. The molecule has 1 aromatic heterocycles. The number of amides is 2. The van der Waals surface area contributed by atoms with Gasteiger partial charge in [0.1, 0.15) is 40.6 Å². The first kappa shape index (κ1) is 32.6. The number of ether oxygens (including phenoxy) is 1. The molecule has 5 rings (SSSR count). The van der Waals surface area contributed by atoms with Crippen molar-refractivity contribution < 1.29 is 37.9 Å². The molecule has 1 fully saturated rings. The average molecular weight is 653 g/mol. The standard InChI is InChI=1S/C33H29ClF3N5O4/c1-39-32(44)22-13-27(42-30(28(22)37)21-12-23(34)25(36)14-24(21)35)33(45,19-6-4-3-5-7-19)16-41-31(43)17-10-18(15-40-20-8-9-20)29(38)26(11-17)46-2/h3-7,10-15,20,38,40,45H,8-9,16H2,1-2H3,(H,39,44)(H,41,43)/p+1/b18-15-,38-29?/t33-/m1/s1. The molecule has 0 unspecified atom stereocenters. The molecule has 0 radical (unpaired) electrons. The quantitative estimate of drug-likeness (QED) is 0.213. The van der Waals surface area contributed by atoms with Crippen molar-refractivity contribution in [1.29, 1.82) is 5.41 Å². The lowest BCUT2D eigenvalue weighted by Crippen LogP contribution is -2.80. The maximum absolute atomic E-state index is 15.8. The molecule has 2 aromatic carbocycles. The van der Waals surface area contributed by atoms with Gasteiger partial charge >= 0.3 is 0 Å². The Morgan fingerprint density at radius 1 is 1.13 bits per heavy atom. The normalized spacial score (nSPS) is 16.8. The van der Waals surface area contributed by atoms with Crippen molar-refractivity contribution in [3.8, 4) is 11.3 Å². The number of nitrogens with one attached hydrogen (secondary N) is 3. The number of aliphatic hydroxyl groups is 1. The largest absolute Gasteiger partial charge is 0.494 e. The van der Waals surface area contributed by atoms with E-state index in [4.69, 9.17) is 21.7 Å². The van der Waals surface area contributed by atoms with E-state index in [-0.39, 0.29) is 28.3 Å². The molecular formula is C33H30ClF3N5O4+. The van der Waals surface area contributed by atoms with Crippen LogP contribution in [-0.2, 0) is 15.1 Å². The number of nitrogens with zero attached hydrogens (tertiary/aromatic N) is 1. The minimum absolute atomic E-state index is 0.106. The summed E-state index contributed by atoms with van der Waals surface area (Å²) >= 11 is 5.87. The number of carbonyl (C=O) groups excluding carboxylic acids is 2. The lowest BCUT2D eigenvalue weighted by atomic mass is 9.88. The fourth-order valence-corrected chi connectivity index (χ4v) is 5.04. The third-order valence-corrected chi connectivity index (χ3v) is 7.95. The van der Waals surface area contributed by atoms with Crippen LogP contribution in [0.1, 0.15) is 34.5 Å². The molecular weight excluding hydrogens is 623 g/mol. The van der Waals surface area contributed by atoms with Gasteiger partial charge in [-0.3, -0.25) is 15.0 Å². The maximum Gasteiger partial charge on any atom is 0.254 e. The van der Waals surface area contributed by atoms with Crippen LogP contribution in [0.5, 0.6) is 0 Å². The van der Waals surface area contributed by atoms with Gasteiger partial charge in [0, 0.05) is 37.1 Å². The lowest BCUT2D eigenvalue weighted by Gasteiger charge is -2.30. The van der Waals surface area contributed by atoms with Crippen LogP contribution in [0.15, 0.2) is 83.8 Å². The molecule has 13 heteroatoms. The highest BCUT2D eigenvalue weighted by Crippen LogP contribution is 2.35. The number of methoxy groups -OCH3 is 1. The van der Waals surface area contributed by atoms with Crippen molar-refractivity contribution in [1.82, 2.24) is 15.6 Å². The van der Waals surface area contributed by atoms with E-state index in [1.54, 1.807) is 24.4 Å². The van der Waals surface area contributed by atoms with E-state index >= 15 is 4.39 Å². The number of carbonyl (C=O) groups is 2. The van der Waals surface area contributed by atoms with E-state index in [1.807, 2.05) is 5.32 Å². The van der Waals surface area contributed by atoms with E-state index < -0.39 is 63.3 Å². The van der Waals surface area contributed by atoms with Crippen molar-refractivity contribution in [2.75, 3.05) is 20.7 Å². The molecule has 0 aliphatic heterocycles. The summed E-state index contributed by atoms with van der Waals surface area (Å²) in [4.78, 5) is 30.5. The van der Waals surface area contributed by atoms with Gasteiger partial charge in [-0.15, -0.1) is 0 Å². The van der Waals surface area contributed by atoms with Crippen LogP contribution in [0.3, 0.4) is 0 Å². The summed E-state index contributed by atoms with van der Waals surface area (Å²) in [5.41, 5.74) is -3.45. The van der Waals surface area contributed by atoms with Gasteiger partial charge in [0.25, 0.3) is 11.8 Å². The Hall–Kier alpha value is -4.78. The van der Waals surface area contributed by atoms with Crippen LogP contribution in [-0.4, -0.2) is 54.4 Å². The molecule has 0 spiro atoms. The SMILES string of the molecule is CNC(=O)c1cc([C@@](O)(CNC(=O)C2=C/C(=C/[NH2+]C3CC3)C(=N)C(OC)=C2)c2ccccc2)nc(-c2cc(Cl)c(F)cc2F)c1F. The second-order valence-electron chi connectivity index (χ2n) is 10.8. The Bertz CT molecular complexity index is 1830. The van der Waals surface area contributed by atoms with Crippen LogP contribution < -0.4 is 16.0 Å².